The Kier molecular flexibility index (Phi) is 6.27. The minimum atomic E-state index is 0.305. The van der Waals surface area contributed by atoms with Gasteiger partial charge in [-0.05, 0) is 49.3 Å². The van der Waals surface area contributed by atoms with Crippen molar-refractivity contribution in [2.24, 2.45) is 5.92 Å². The Morgan fingerprint density at radius 3 is 2.40 bits per heavy atom. The summed E-state index contributed by atoms with van der Waals surface area (Å²) >= 11 is 0. The summed E-state index contributed by atoms with van der Waals surface area (Å²) in [7, 11) is 0. The van der Waals surface area contributed by atoms with Crippen LogP contribution in [0.15, 0.2) is 24.3 Å². The van der Waals surface area contributed by atoms with Gasteiger partial charge in [0.05, 0.1) is 6.54 Å². The molecule has 0 bridgehead atoms. The molecule has 1 aromatic carbocycles. The molecule has 3 rings (SSSR count). The maximum Gasteiger partial charge on any atom is 0.236 e. The van der Waals surface area contributed by atoms with Crippen molar-refractivity contribution in [1.82, 2.24) is 15.1 Å². The quantitative estimate of drug-likeness (QED) is 0.914. The normalized spacial score (nSPS) is 20.3. The van der Waals surface area contributed by atoms with E-state index in [1.807, 2.05) is 0 Å². The highest BCUT2D eigenvalue weighted by Crippen LogP contribution is 2.22. The van der Waals surface area contributed by atoms with E-state index in [-0.39, 0.29) is 0 Å². The van der Waals surface area contributed by atoms with Crippen LogP contribution in [-0.2, 0) is 4.79 Å². The number of carbonyl (C=O) groups is 1. The van der Waals surface area contributed by atoms with Crippen LogP contribution in [0.4, 0.5) is 0 Å². The number of likely N-dealkylation sites (tertiary alicyclic amines) is 1. The van der Waals surface area contributed by atoms with Gasteiger partial charge in [0.1, 0.15) is 0 Å². The average Bonchev–Trinajstić information content (AvgIpc) is 2.62. The minimum Gasteiger partial charge on any atom is -0.342 e. The fourth-order valence-electron chi connectivity index (χ4n) is 3.82. The molecule has 2 saturated heterocycles. The fraction of sp³-hybridized carbons (Fsp3) is 0.571. The predicted molar refractivity (Wildman–Crippen MR) is 104 cm³/mol. The van der Waals surface area contributed by atoms with Crippen molar-refractivity contribution in [2.45, 2.75) is 26.7 Å². The van der Waals surface area contributed by atoms with Crippen molar-refractivity contribution in [2.75, 3.05) is 45.8 Å². The van der Waals surface area contributed by atoms with E-state index in [1.54, 1.807) is 0 Å². The van der Waals surface area contributed by atoms with Gasteiger partial charge in [-0.1, -0.05) is 30.4 Å². The summed E-state index contributed by atoms with van der Waals surface area (Å²) in [5.41, 5.74) is 4.01. The van der Waals surface area contributed by atoms with Crippen LogP contribution in [0.3, 0.4) is 0 Å². The largest absolute Gasteiger partial charge is 0.342 e. The van der Waals surface area contributed by atoms with Gasteiger partial charge in [0.15, 0.2) is 0 Å². The lowest BCUT2D eigenvalue weighted by molar-refractivity contribution is -0.133. The number of benzene rings is 1. The zero-order valence-electron chi connectivity index (χ0n) is 15.6. The Bertz CT molecular complexity index is 591. The Hall–Kier alpha value is -1.65. The first kappa shape index (κ1) is 18.2. The van der Waals surface area contributed by atoms with Crippen molar-refractivity contribution in [3.05, 3.63) is 41.0 Å². The number of hydrogen-bond acceptors (Lipinski definition) is 3. The number of carbonyl (C=O) groups excluding carboxylic acids is 1. The van der Waals surface area contributed by atoms with Crippen molar-refractivity contribution in [3.63, 3.8) is 0 Å². The topological polar surface area (TPSA) is 35.6 Å². The molecule has 2 heterocycles. The van der Waals surface area contributed by atoms with E-state index in [0.717, 1.165) is 52.1 Å². The molecule has 4 nitrogen and oxygen atoms in total. The molecule has 2 aliphatic rings. The highest BCUT2D eigenvalue weighted by atomic mass is 16.2. The van der Waals surface area contributed by atoms with Gasteiger partial charge in [0.25, 0.3) is 0 Å². The summed E-state index contributed by atoms with van der Waals surface area (Å²) in [5, 5.41) is 3.33. The molecule has 0 spiro atoms. The van der Waals surface area contributed by atoms with E-state index in [0.29, 0.717) is 18.4 Å². The Balaban J connectivity index is 1.48. The number of piperidine rings is 1. The van der Waals surface area contributed by atoms with E-state index < -0.39 is 0 Å². The van der Waals surface area contributed by atoms with E-state index in [2.05, 4.69) is 59.3 Å². The second-order valence-corrected chi connectivity index (χ2v) is 7.41. The number of hydrogen-bond donors (Lipinski definition) is 1. The second-order valence-electron chi connectivity index (χ2n) is 7.41. The summed E-state index contributed by atoms with van der Waals surface area (Å²) in [6.07, 6.45) is 6.80. The molecule has 1 amide bonds. The maximum absolute atomic E-state index is 12.5. The van der Waals surface area contributed by atoms with Gasteiger partial charge in [-0.3, -0.25) is 9.69 Å². The van der Waals surface area contributed by atoms with Crippen molar-refractivity contribution < 1.29 is 4.79 Å². The monoisotopic (exact) mass is 341 g/mol. The zero-order chi connectivity index (χ0) is 17.6. The SMILES string of the molecule is Cc1cccc(C)c1/C=C/C1CCN(C(=O)CN2CCNCC2)CC1. The van der Waals surface area contributed by atoms with Gasteiger partial charge in [-0.25, -0.2) is 0 Å². The van der Waals surface area contributed by atoms with Gasteiger partial charge in [-0.15, -0.1) is 0 Å². The molecule has 1 N–H and O–H groups in total. The number of aryl methyl sites for hydroxylation is 2. The highest BCUT2D eigenvalue weighted by Gasteiger charge is 2.23. The van der Waals surface area contributed by atoms with E-state index in [4.69, 9.17) is 0 Å². The third-order valence-corrected chi connectivity index (χ3v) is 5.54. The van der Waals surface area contributed by atoms with E-state index in [1.165, 1.54) is 16.7 Å². The van der Waals surface area contributed by atoms with Crippen LogP contribution in [0.25, 0.3) is 6.08 Å². The maximum atomic E-state index is 12.5. The van der Waals surface area contributed by atoms with Crippen LogP contribution in [-0.4, -0.2) is 61.5 Å². The molecule has 2 fully saturated rings. The van der Waals surface area contributed by atoms with Gasteiger partial charge in [0.2, 0.25) is 5.91 Å². The van der Waals surface area contributed by atoms with Crippen molar-refractivity contribution >= 4 is 12.0 Å². The smallest absolute Gasteiger partial charge is 0.236 e. The Morgan fingerprint density at radius 1 is 1.12 bits per heavy atom. The molecular weight excluding hydrogens is 310 g/mol. The van der Waals surface area contributed by atoms with Crippen molar-refractivity contribution in [1.29, 1.82) is 0 Å². The first-order valence-electron chi connectivity index (χ1n) is 9.59. The van der Waals surface area contributed by atoms with Crippen molar-refractivity contribution in [3.8, 4) is 0 Å². The molecule has 25 heavy (non-hydrogen) atoms. The number of allylic oxidation sites excluding steroid dienone is 1. The summed E-state index contributed by atoms with van der Waals surface area (Å²) in [4.78, 5) is 16.8. The molecule has 0 unspecified atom stereocenters. The van der Waals surface area contributed by atoms with Crippen LogP contribution in [0.5, 0.6) is 0 Å². The summed E-state index contributed by atoms with van der Waals surface area (Å²) in [6.45, 7) is 10.7. The third kappa shape index (κ3) is 4.93. The summed E-state index contributed by atoms with van der Waals surface area (Å²) in [6, 6.07) is 6.46. The molecule has 4 heteroatoms. The van der Waals surface area contributed by atoms with Gasteiger partial charge >= 0.3 is 0 Å². The lowest BCUT2D eigenvalue weighted by atomic mass is 9.94. The number of amides is 1. The number of nitrogens with zero attached hydrogens (tertiary/aromatic N) is 2. The van der Waals surface area contributed by atoms with Gasteiger partial charge in [0, 0.05) is 39.3 Å². The lowest BCUT2D eigenvalue weighted by Crippen LogP contribution is -2.49. The van der Waals surface area contributed by atoms with Gasteiger partial charge < -0.3 is 10.2 Å². The number of rotatable bonds is 4. The molecule has 0 atom stereocenters. The molecule has 136 valence electrons. The predicted octanol–water partition coefficient (Wildman–Crippen LogP) is 2.46. The Morgan fingerprint density at radius 2 is 1.76 bits per heavy atom. The third-order valence-electron chi connectivity index (χ3n) is 5.54. The minimum absolute atomic E-state index is 0.305. The second kappa shape index (κ2) is 8.63. The highest BCUT2D eigenvalue weighted by molar-refractivity contribution is 5.78. The lowest BCUT2D eigenvalue weighted by Gasteiger charge is -2.33. The first-order chi connectivity index (χ1) is 12.1. The Labute approximate surface area is 151 Å². The average molecular weight is 341 g/mol. The van der Waals surface area contributed by atoms with Crippen LogP contribution < -0.4 is 5.32 Å². The van der Waals surface area contributed by atoms with Crippen LogP contribution in [0.1, 0.15) is 29.5 Å². The standard InChI is InChI=1S/C21H31N3O/c1-17-4-3-5-18(2)20(17)7-6-19-8-12-24(13-9-19)21(25)16-23-14-10-22-11-15-23/h3-7,19,22H,8-16H2,1-2H3/b7-6+. The molecule has 0 saturated carbocycles. The van der Waals surface area contributed by atoms with Crippen LogP contribution >= 0.6 is 0 Å². The first-order valence-corrected chi connectivity index (χ1v) is 9.59. The number of piperazine rings is 1. The summed E-state index contributed by atoms with van der Waals surface area (Å²) < 4.78 is 0. The summed E-state index contributed by atoms with van der Waals surface area (Å²) in [5.74, 6) is 0.890. The van der Waals surface area contributed by atoms with Gasteiger partial charge in [-0.2, -0.15) is 0 Å². The number of nitrogens with one attached hydrogen (secondary N) is 1. The molecule has 0 aliphatic carbocycles. The van der Waals surface area contributed by atoms with Crippen LogP contribution in [0, 0.1) is 19.8 Å². The molecule has 1 aromatic rings. The van der Waals surface area contributed by atoms with E-state index in [9.17, 15) is 4.79 Å². The fourth-order valence-corrected chi connectivity index (χ4v) is 3.82. The molecule has 2 aliphatic heterocycles. The molecule has 0 aromatic heterocycles. The van der Waals surface area contributed by atoms with E-state index >= 15 is 0 Å². The molecular formula is C21H31N3O. The van der Waals surface area contributed by atoms with Crippen LogP contribution in [0.2, 0.25) is 0 Å². The molecule has 0 radical (unpaired) electrons. The zero-order valence-corrected chi connectivity index (χ0v) is 15.6.